The number of ether oxygens (including phenoxy) is 1. The number of thioether (sulfide) groups is 1. The van der Waals surface area contributed by atoms with E-state index >= 15 is 0 Å². The Bertz CT molecular complexity index is 605. The van der Waals surface area contributed by atoms with E-state index in [9.17, 15) is 0 Å². The summed E-state index contributed by atoms with van der Waals surface area (Å²) in [5, 5.41) is 3.64. The fourth-order valence-electron chi connectivity index (χ4n) is 2.55. The van der Waals surface area contributed by atoms with Crippen LogP contribution in [-0.2, 0) is 13.0 Å². The van der Waals surface area contributed by atoms with Crippen LogP contribution in [0.15, 0.2) is 41.3 Å². The van der Waals surface area contributed by atoms with Gasteiger partial charge >= 0.3 is 0 Å². The van der Waals surface area contributed by atoms with Crippen LogP contribution in [0.3, 0.4) is 0 Å². The molecule has 1 N–H and O–H groups in total. The molecule has 0 aliphatic carbocycles. The smallest absolute Gasteiger partial charge is 0.142 e. The van der Waals surface area contributed by atoms with Crippen molar-refractivity contribution in [3.8, 4) is 5.75 Å². The van der Waals surface area contributed by atoms with Crippen LogP contribution in [-0.4, -0.2) is 23.9 Å². The number of aromatic nitrogens is 1. The number of rotatable bonds is 5. The molecule has 1 unspecified atom stereocenters. The van der Waals surface area contributed by atoms with Gasteiger partial charge in [0.05, 0.1) is 5.69 Å². The van der Waals surface area contributed by atoms with E-state index in [4.69, 9.17) is 4.74 Å². The highest BCUT2D eigenvalue weighted by Crippen LogP contribution is 2.37. The number of hydrogen-bond acceptors (Lipinski definition) is 4. The highest BCUT2D eigenvalue weighted by molar-refractivity contribution is 8.00. The topological polar surface area (TPSA) is 34.2 Å². The van der Waals surface area contributed by atoms with E-state index in [-0.39, 0.29) is 0 Å². The highest BCUT2D eigenvalue weighted by atomic mass is 32.2. The summed E-state index contributed by atoms with van der Waals surface area (Å²) >= 11 is 1.92. The zero-order valence-corrected chi connectivity index (χ0v) is 13.2. The van der Waals surface area contributed by atoms with Gasteiger partial charge in [-0.15, -0.1) is 11.8 Å². The van der Waals surface area contributed by atoms with Crippen molar-refractivity contribution in [2.45, 2.75) is 30.0 Å². The molecule has 2 aromatic rings. The monoisotopic (exact) mass is 300 g/mol. The Morgan fingerprint density at radius 3 is 2.95 bits per heavy atom. The fourth-order valence-corrected chi connectivity index (χ4v) is 3.77. The van der Waals surface area contributed by atoms with Crippen LogP contribution < -0.4 is 10.1 Å². The van der Waals surface area contributed by atoms with Gasteiger partial charge in [-0.2, -0.15) is 0 Å². The minimum Gasteiger partial charge on any atom is -0.490 e. The molecule has 4 heteroatoms. The quantitative estimate of drug-likeness (QED) is 0.919. The van der Waals surface area contributed by atoms with Crippen LogP contribution in [0.4, 0.5) is 0 Å². The van der Waals surface area contributed by atoms with E-state index in [1.165, 1.54) is 10.5 Å². The van der Waals surface area contributed by atoms with Gasteiger partial charge in [-0.05, 0) is 44.2 Å². The van der Waals surface area contributed by atoms with Gasteiger partial charge < -0.3 is 10.1 Å². The molecule has 0 bridgehead atoms. The predicted molar refractivity (Wildman–Crippen MR) is 87.0 cm³/mol. The zero-order valence-electron chi connectivity index (χ0n) is 12.4. The number of hydrogen-bond donors (Lipinski definition) is 1. The summed E-state index contributed by atoms with van der Waals surface area (Å²) < 4.78 is 6.04. The van der Waals surface area contributed by atoms with Crippen LogP contribution in [0.1, 0.15) is 17.0 Å². The Kier molecular flexibility index (Phi) is 4.46. The van der Waals surface area contributed by atoms with E-state index in [0.717, 1.165) is 36.7 Å². The molecule has 0 saturated carbocycles. The van der Waals surface area contributed by atoms with Crippen LogP contribution in [0, 0.1) is 6.92 Å². The van der Waals surface area contributed by atoms with E-state index in [0.29, 0.717) is 5.25 Å². The predicted octanol–water partition coefficient (Wildman–Crippen LogP) is 3.21. The Morgan fingerprint density at radius 2 is 2.14 bits per heavy atom. The second-order valence-corrected chi connectivity index (χ2v) is 6.63. The molecule has 0 fully saturated rings. The summed E-state index contributed by atoms with van der Waals surface area (Å²) in [5.41, 5.74) is 3.45. The third-order valence-corrected chi connectivity index (χ3v) is 4.84. The number of aryl methyl sites for hydroxylation is 1. The molecule has 0 amide bonds. The number of benzene rings is 1. The fraction of sp³-hybridized carbons (Fsp3) is 0.353. The molecule has 1 aromatic carbocycles. The SMILES string of the molecule is CNCc1nc(C)ccc1OCC1Cc2ccccc2S1. The van der Waals surface area contributed by atoms with Gasteiger partial charge in [0.15, 0.2) is 0 Å². The highest BCUT2D eigenvalue weighted by Gasteiger charge is 2.22. The van der Waals surface area contributed by atoms with Gasteiger partial charge in [-0.3, -0.25) is 4.98 Å². The summed E-state index contributed by atoms with van der Waals surface area (Å²) in [6, 6.07) is 12.6. The average molecular weight is 300 g/mol. The first-order valence-electron chi connectivity index (χ1n) is 7.25. The molecule has 0 spiro atoms. The van der Waals surface area contributed by atoms with Crippen molar-refractivity contribution in [1.82, 2.24) is 10.3 Å². The Labute approximate surface area is 130 Å². The third kappa shape index (κ3) is 3.39. The second-order valence-electron chi connectivity index (χ2n) is 5.29. The lowest BCUT2D eigenvalue weighted by atomic mass is 10.1. The van der Waals surface area contributed by atoms with Gasteiger partial charge in [0.25, 0.3) is 0 Å². The molecule has 2 heterocycles. The number of nitrogens with one attached hydrogen (secondary N) is 1. The summed E-state index contributed by atoms with van der Waals surface area (Å²) in [5.74, 6) is 0.895. The molecule has 110 valence electrons. The van der Waals surface area contributed by atoms with E-state index in [1.807, 2.05) is 37.9 Å². The van der Waals surface area contributed by atoms with Gasteiger partial charge in [0.1, 0.15) is 12.4 Å². The summed E-state index contributed by atoms with van der Waals surface area (Å²) in [4.78, 5) is 5.95. The maximum atomic E-state index is 6.04. The largest absolute Gasteiger partial charge is 0.490 e. The lowest BCUT2D eigenvalue weighted by Crippen LogP contribution is -2.16. The van der Waals surface area contributed by atoms with Crippen molar-refractivity contribution in [1.29, 1.82) is 0 Å². The molecule has 1 atom stereocenters. The minimum atomic E-state index is 0.492. The van der Waals surface area contributed by atoms with Gasteiger partial charge in [0.2, 0.25) is 0 Å². The van der Waals surface area contributed by atoms with E-state index < -0.39 is 0 Å². The molecule has 3 nitrogen and oxygen atoms in total. The minimum absolute atomic E-state index is 0.492. The van der Waals surface area contributed by atoms with Crippen LogP contribution in [0.2, 0.25) is 0 Å². The molecule has 0 radical (unpaired) electrons. The summed E-state index contributed by atoms with van der Waals surface area (Å²) in [6.07, 6.45) is 1.08. The second kappa shape index (κ2) is 6.50. The van der Waals surface area contributed by atoms with Crippen molar-refractivity contribution in [2.75, 3.05) is 13.7 Å². The molecule has 21 heavy (non-hydrogen) atoms. The van der Waals surface area contributed by atoms with Crippen LogP contribution in [0.25, 0.3) is 0 Å². The van der Waals surface area contributed by atoms with Gasteiger partial charge in [-0.1, -0.05) is 18.2 Å². The van der Waals surface area contributed by atoms with Crippen LogP contribution >= 0.6 is 11.8 Å². The van der Waals surface area contributed by atoms with E-state index in [1.54, 1.807) is 0 Å². The van der Waals surface area contributed by atoms with Crippen LogP contribution in [0.5, 0.6) is 5.75 Å². The summed E-state index contributed by atoms with van der Waals surface area (Å²) in [7, 11) is 1.93. The normalized spacial score (nSPS) is 16.8. The third-order valence-electron chi connectivity index (χ3n) is 3.55. The van der Waals surface area contributed by atoms with Gasteiger partial charge in [0, 0.05) is 22.4 Å². The Hall–Kier alpha value is -1.52. The van der Waals surface area contributed by atoms with Gasteiger partial charge in [-0.25, -0.2) is 0 Å². The number of fused-ring (bicyclic) bond motifs is 1. The Balaban J connectivity index is 1.64. The molecule has 1 aliphatic heterocycles. The molecule has 3 rings (SSSR count). The molecule has 0 saturated heterocycles. The first-order valence-corrected chi connectivity index (χ1v) is 8.12. The maximum absolute atomic E-state index is 6.04. The first-order chi connectivity index (χ1) is 10.3. The standard InChI is InChI=1S/C17H20N2OS/c1-12-7-8-16(15(19-12)10-18-2)20-11-14-9-13-5-3-4-6-17(13)21-14/h3-8,14,18H,9-11H2,1-2H3. The van der Waals surface area contributed by atoms with Crippen molar-refractivity contribution in [2.24, 2.45) is 0 Å². The lowest BCUT2D eigenvalue weighted by molar-refractivity contribution is 0.312. The molecular weight excluding hydrogens is 280 g/mol. The number of pyridine rings is 1. The maximum Gasteiger partial charge on any atom is 0.142 e. The van der Waals surface area contributed by atoms with Crippen molar-refractivity contribution in [3.63, 3.8) is 0 Å². The van der Waals surface area contributed by atoms with Crippen molar-refractivity contribution >= 4 is 11.8 Å². The molecular formula is C17H20N2OS. The summed E-state index contributed by atoms with van der Waals surface area (Å²) in [6.45, 7) is 3.46. The molecule has 1 aliphatic rings. The lowest BCUT2D eigenvalue weighted by Gasteiger charge is -2.14. The Morgan fingerprint density at radius 1 is 1.29 bits per heavy atom. The van der Waals surface area contributed by atoms with Crippen molar-refractivity contribution < 1.29 is 4.74 Å². The first kappa shape index (κ1) is 14.4. The van der Waals surface area contributed by atoms with E-state index in [2.05, 4.69) is 34.6 Å². The average Bonchev–Trinajstić information content (AvgIpc) is 2.89. The molecule has 1 aromatic heterocycles. The van der Waals surface area contributed by atoms with Crippen molar-refractivity contribution in [3.05, 3.63) is 53.3 Å². The number of nitrogens with zero attached hydrogens (tertiary/aromatic N) is 1. The zero-order chi connectivity index (χ0) is 14.7.